The number of halogens is 3. The van der Waals surface area contributed by atoms with E-state index in [9.17, 15) is 13.9 Å². The normalized spacial score (nSPS) is 13.1. The van der Waals surface area contributed by atoms with Gasteiger partial charge in [-0.15, -0.1) is 0 Å². The van der Waals surface area contributed by atoms with Crippen molar-refractivity contribution in [2.24, 2.45) is 0 Å². The van der Waals surface area contributed by atoms with Gasteiger partial charge in [0, 0.05) is 17.1 Å². The van der Waals surface area contributed by atoms with Gasteiger partial charge >= 0.3 is 0 Å². The number of hydrogen-bond acceptors (Lipinski definition) is 2. The molecule has 1 aromatic carbocycles. The molecule has 0 aliphatic carbocycles. The number of alkyl halides is 2. The lowest BCUT2D eigenvalue weighted by atomic mass is 10.1. The molecule has 0 amide bonds. The fourth-order valence-corrected chi connectivity index (χ4v) is 1.45. The summed E-state index contributed by atoms with van der Waals surface area (Å²) in [5.41, 5.74) is 0.543. The minimum absolute atomic E-state index is 0.0636. The maximum atomic E-state index is 11.8. The summed E-state index contributed by atoms with van der Waals surface area (Å²) in [6.45, 7) is -0.365. The number of aliphatic hydroxyl groups excluding tert-OH is 1. The van der Waals surface area contributed by atoms with Gasteiger partial charge in [-0.2, -0.15) is 0 Å². The summed E-state index contributed by atoms with van der Waals surface area (Å²) in [4.78, 5) is 0. The van der Waals surface area contributed by atoms with Gasteiger partial charge in [-0.05, 0) is 6.07 Å². The summed E-state index contributed by atoms with van der Waals surface area (Å²) >= 11 is 5.82. The van der Waals surface area contributed by atoms with Crippen molar-refractivity contribution < 1.29 is 13.9 Å². The molecule has 0 aromatic heterocycles. The van der Waals surface area contributed by atoms with E-state index in [2.05, 4.69) is 5.32 Å². The summed E-state index contributed by atoms with van der Waals surface area (Å²) in [6, 6.07) is 6.78. The summed E-state index contributed by atoms with van der Waals surface area (Å²) in [5, 5.41) is 12.5. The molecule has 0 heterocycles. The predicted molar refractivity (Wildman–Crippen MR) is 55.3 cm³/mol. The van der Waals surface area contributed by atoms with Crippen molar-refractivity contribution in [3.63, 3.8) is 0 Å². The van der Waals surface area contributed by atoms with Crippen LogP contribution < -0.4 is 5.32 Å². The molecule has 2 nitrogen and oxygen atoms in total. The quantitative estimate of drug-likeness (QED) is 0.820. The van der Waals surface area contributed by atoms with Crippen LogP contribution in [0.1, 0.15) is 11.7 Å². The molecule has 0 fully saturated rings. The lowest BCUT2D eigenvalue weighted by Crippen LogP contribution is -2.26. The van der Waals surface area contributed by atoms with Crippen molar-refractivity contribution in [3.05, 3.63) is 34.9 Å². The van der Waals surface area contributed by atoms with E-state index in [-0.39, 0.29) is 6.54 Å². The highest BCUT2D eigenvalue weighted by Crippen LogP contribution is 2.21. The first-order valence-electron chi connectivity index (χ1n) is 4.52. The maximum Gasteiger partial charge on any atom is 0.250 e. The fraction of sp³-hybridized carbons (Fsp3) is 0.400. The van der Waals surface area contributed by atoms with Crippen LogP contribution in [0.25, 0.3) is 0 Å². The Labute approximate surface area is 91.9 Å². The number of rotatable bonds is 5. The molecule has 0 saturated heterocycles. The lowest BCUT2D eigenvalue weighted by Gasteiger charge is -2.13. The highest BCUT2D eigenvalue weighted by molar-refractivity contribution is 6.31. The molecule has 2 N–H and O–H groups in total. The van der Waals surface area contributed by atoms with Crippen molar-refractivity contribution in [1.82, 2.24) is 5.32 Å². The van der Waals surface area contributed by atoms with Crippen molar-refractivity contribution in [1.29, 1.82) is 0 Å². The Morgan fingerprint density at radius 3 is 2.53 bits per heavy atom. The van der Waals surface area contributed by atoms with Crippen LogP contribution in [-0.4, -0.2) is 24.6 Å². The topological polar surface area (TPSA) is 32.3 Å². The first-order valence-corrected chi connectivity index (χ1v) is 4.90. The molecule has 0 aliphatic rings. The largest absolute Gasteiger partial charge is 0.387 e. The number of nitrogens with one attached hydrogen (secondary N) is 1. The van der Waals surface area contributed by atoms with Crippen molar-refractivity contribution in [3.8, 4) is 0 Å². The third kappa shape index (κ3) is 4.11. The predicted octanol–water partition coefficient (Wildman–Crippen LogP) is 2.23. The van der Waals surface area contributed by atoms with Crippen LogP contribution in [0.3, 0.4) is 0 Å². The van der Waals surface area contributed by atoms with Gasteiger partial charge in [-0.25, -0.2) is 8.78 Å². The maximum absolute atomic E-state index is 11.8. The summed E-state index contributed by atoms with van der Waals surface area (Å²) in [7, 11) is 0. The van der Waals surface area contributed by atoms with E-state index in [0.29, 0.717) is 10.6 Å². The van der Waals surface area contributed by atoms with Gasteiger partial charge in [0.05, 0.1) is 12.6 Å². The zero-order valence-corrected chi connectivity index (χ0v) is 8.72. The standard InChI is InChI=1S/C10H12ClF2NO/c11-8-4-2-1-3-7(8)9(15)5-14-6-10(12)13/h1-4,9-10,14-15H,5-6H2. The van der Waals surface area contributed by atoms with Crippen LogP contribution in [-0.2, 0) is 0 Å². The average Bonchev–Trinajstić information content (AvgIpc) is 2.17. The van der Waals surface area contributed by atoms with Gasteiger partial charge in [-0.1, -0.05) is 29.8 Å². The minimum Gasteiger partial charge on any atom is -0.387 e. The van der Waals surface area contributed by atoms with Crippen molar-refractivity contribution >= 4 is 11.6 Å². The van der Waals surface area contributed by atoms with Crippen LogP contribution >= 0.6 is 11.6 Å². The van der Waals surface area contributed by atoms with Crippen molar-refractivity contribution in [2.45, 2.75) is 12.5 Å². The van der Waals surface area contributed by atoms with E-state index in [1.165, 1.54) is 0 Å². The van der Waals surface area contributed by atoms with Gasteiger partial charge in [0.2, 0.25) is 0 Å². The average molecular weight is 236 g/mol. The van der Waals surface area contributed by atoms with Gasteiger partial charge in [0.25, 0.3) is 6.43 Å². The van der Waals surface area contributed by atoms with Crippen LogP contribution in [0.2, 0.25) is 5.02 Å². The molecule has 1 aromatic rings. The van der Waals surface area contributed by atoms with E-state index in [0.717, 1.165) is 0 Å². The molecule has 0 spiro atoms. The molecule has 5 heteroatoms. The van der Waals surface area contributed by atoms with Gasteiger partial charge < -0.3 is 10.4 Å². The van der Waals surface area contributed by atoms with E-state index in [1.807, 2.05) is 0 Å². The van der Waals surface area contributed by atoms with E-state index in [4.69, 9.17) is 11.6 Å². The van der Waals surface area contributed by atoms with Crippen molar-refractivity contribution in [2.75, 3.05) is 13.1 Å². The molecular formula is C10H12ClF2NO. The van der Waals surface area contributed by atoms with Gasteiger partial charge in [0.15, 0.2) is 0 Å². The SMILES string of the molecule is OC(CNCC(F)F)c1ccccc1Cl. The number of aliphatic hydroxyl groups is 1. The first kappa shape index (κ1) is 12.4. The summed E-state index contributed by atoms with van der Waals surface area (Å²) in [6.07, 6.45) is -3.28. The molecule has 1 rings (SSSR count). The molecule has 1 atom stereocenters. The van der Waals surface area contributed by atoms with Crippen LogP contribution in [0.5, 0.6) is 0 Å². The summed E-state index contributed by atoms with van der Waals surface area (Å²) in [5.74, 6) is 0. The second-order valence-electron chi connectivity index (χ2n) is 3.09. The Kier molecular flexibility index (Phi) is 4.94. The van der Waals surface area contributed by atoms with Crippen LogP contribution in [0, 0.1) is 0 Å². The zero-order chi connectivity index (χ0) is 11.3. The smallest absolute Gasteiger partial charge is 0.250 e. The lowest BCUT2D eigenvalue weighted by molar-refractivity contribution is 0.129. The Morgan fingerprint density at radius 1 is 1.27 bits per heavy atom. The highest BCUT2D eigenvalue weighted by atomic mass is 35.5. The molecule has 15 heavy (non-hydrogen) atoms. The molecule has 0 radical (unpaired) electrons. The van der Waals surface area contributed by atoms with E-state index < -0.39 is 19.1 Å². The first-order chi connectivity index (χ1) is 7.11. The molecule has 84 valence electrons. The van der Waals surface area contributed by atoms with Crippen LogP contribution in [0.15, 0.2) is 24.3 Å². The molecule has 0 bridgehead atoms. The highest BCUT2D eigenvalue weighted by Gasteiger charge is 2.11. The second kappa shape index (κ2) is 6.00. The number of hydrogen-bond donors (Lipinski definition) is 2. The zero-order valence-electron chi connectivity index (χ0n) is 7.96. The van der Waals surface area contributed by atoms with Gasteiger partial charge in [0.1, 0.15) is 0 Å². The molecular weight excluding hydrogens is 224 g/mol. The van der Waals surface area contributed by atoms with Gasteiger partial charge in [-0.3, -0.25) is 0 Å². The molecule has 0 aliphatic heterocycles. The Balaban J connectivity index is 2.47. The third-order valence-electron chi connectivity index (χ3n) is 1.90. The Morgan fingerprint density at radius 2 is 1.93 bits per heavy atom. The fourth-order valence-electron chi connectivity index (χ4n) is 1.18. The monoisotopic (exact) mass is 235 g/mol. The Hall–Kier alpha value is -0.710. The third-order valence-corrected chi connectivity index (χ3v) is 2.24. The number of benzene rings is 1. The summed E-state index contributed by atoms with van der Waals surface area (Å²) < 4.78 is 23.6. The Bertz CT molecular complexity index is 309. The van der Waals surface area contributed by atoms with Crippen LogP contribution in [0.4, 0.5) is 8.78 Å². The second-order valence-corrected chi connectivity index (χ2v) is 3.49. The van der Waals surface area contributed by atoms with E-state index >= 15 is 0 Å². The molecule has 0 saturated carbocycles. The van der Waals surface area contributed by atoms with E-state index in [1.54, 1.807) is 24.3 Å². The molecule has 1 unspecified atom stereocenters. The minimum atomic E-state index is -2.41.